The van der Waals surface area contributed by atoms with Crippen LogP contribution in [0.25, 0.3) is 10.9 Å². The van der Waals surface area contributed by atoms with E-state index in [0.29, 0.717) is 29.4 Å². The zero-order valence-corrected chi connectivity index (χ0v) is 21.0. The van der Waals surface area contributed by atoms with E-state index in [4.69, 9.17) is 9.47 Å². The van der Waals surface area contributed by atoms with Gasteiger partial charge in [-0.25, -0.2) is 17.9 Å². The number of carbonyl (C=O) groups is 1. The number of fused-ring (bicyclic) bond motifs is 1. The molecule has 0 saturated carbocycles. The SMILES string of the molecule is CCOC(=O)c1[nH]c(C)c(S(=O)(=O)N[C@H](C)c2nnc(Oc3ccc4cc[nH]c4c3)n2CC)c1C. The Labute approximate surface area is 202 Å². The van der Waals surface area contributed by atoms with Gasteiger partial charge < -0.3 is 19.4 Å². The van der Waals surface area contributed by atoms with Crippen molar-refractivity contribution in [2.75, 3.05) is 6.61 Å². The van der Waals surface area contributed by atoms with Crippen LogP contribution in [-0.4, -0.2) is 45.7 Å². The van der Waals surface area contributed by atoms with Crippen molar-refractivity contribution in [1.82, 2.24) is 29.5 Å². The lowest BCUT2D eigenvalue weighted by molar-refractivity contribution is 0.0519. The molecule has 0 saturated heterocycles. The first-order valence-electron chi connectivity index (χ1n) is 11.2. The maximum absolute atomic E-state index is 13.3. The highest BCUT2D eigenvalue weighted by Gasteiger charge is 2.30. The van der Waals surface area contributed by atoms with Gasteiger partial charge in [0, 0.05) is 35.6 Å². The molecule has 0 aliphatic heterocycles. The Morgan fingerprint density at radius 2 is 1.97 bits per heavy atom. The number of aryl methyl sites for hydroxylation is 1. The van der Waals surface area contributed by atoms with Gasteiger partial charge in [-0.15, -0.1) is 5.10 Å². The van der Waals surface area contributed by atoms with Gasteiger partial charge in [-0.2, -0.15) is 0 Å². The van der Waals surface area contributed by atoms with E-state index in [9.17, 15) is 13.2 Å². The van der Waals surface area contributed by atoms with Crippen LogP contribution in [0.3, 0.4) is 0 Å². The summed E-state index contributed by atoms with van der Waals surface area (Å²) in [6.45, 7) is 9.05. The lowest BCUT2D eigenvalue weighted by atomic mass is 10.2. The van der Waals surface area contributed by atoms with Crippen LogP contribution in [-0.2, 0) is 21.3 Å². The molecule has 3 N–H and O–H groups in total. The van der Waals surface area contributed by atoms with E-state index < -0.39 is 22.0 Å². The van der Waals surface area contributed by atoms with Crippen molar-refractivity contribution in [2.24, 2.45) is 0 Å². The van der Waals surface area contributed by atoms with Crippen molar-refractivity contribution < 1.29 is 22.7 Å². The van der Waals surface area contributed by atoms with Crippen LogP contribution in [0.15, 0.2) is 35.4 Å². The summed E-state index contributed by atoms with van der Waals surface area (Å²) in [5, 5.41) is 9.38. The van der Waals surface area contributed by atoms with E-state index in [-0.39, 0.29) is 23.2 Å². The second-order valence-corrected chi connectivity index (χ2v) is 9.71. The molecule has 0 unspecified atom stereocenters. The van der Waals surface area contributed by atoms with E-state index in [1.165, 1.54) is 0 Å². The number of hydrogen-bond acceptors (Lipinski definition) is 7. The molecule has 0 aliphatic rings. The minimum atomic E-state index is -4.00. The molecule has 0 amide bonds. The number of benzene rings is 1. The van der Waals surface area contributed by atoms with Gasteiger partial charge >= 0.3 is 12.0 Å². The number of H-pyrrole nitrogens is 2. The van der Waals surface area contributed by atoms with Crippen molar-refractivity contribution >= 4 is 26.9 Å². The van der Waals surface area contributed by atoms with Gasteiger partial charge in [-0.1, -0.05) is 5.10 Å². The molecule has 1 atom stereocenters. The molecular formula is C23H28N6O5S. The fraction of sp³-hybridized carbons (Fsp3) is 0.348. The Kier molecular flexibility index (Phi) is 6.68. The number of hydrogen-bond donors (Lipinski definition) is 3. The maximum atomic E-state index is 13.3. The lowest BCUT2D eigenvalue weighted by Gasteiger charge is -2.16. The first kappa shape index (κ1) is 24.5. The van der Waals surface area contributed by atoms with Crippen LogP contribution >= 0.6 is 0 Å². The number of sulfonamides is 1. The largest absolute Gasteiger partial charge is 0.461 e. The molecule has 4 rings (SSSR count). The summed E-state index contributed by atoms with van der Waals surface area (Å²) < 4.78 is 41.9. The number of carbonyl (C=O) groups excluding carboxylic acids is 1. The highest BCUT2D eigenvalue weighted by Crippen LogP contribution is 2.28. The summed E-state index contributed by atoms with van der Waals surface area (Å²) in [7, 11) is -4.00. The molecule has 1 aromatic carbocycles. The molecule has 0 fully saturated rings. The molecule has 3 aromatic heterocycles. The van der Waals surface area contributed by atoms with Crippen LogP contribution in [0, 0.1) is 13.8 Å². The van der Waals surface area contributed by atoms with Crippen LogP contribution < -0.4 is 9.46 Å². The fourth-order valence-corrected chi connectivity index (χ4v) is 5.72. The van der Waals surface area contributed by atoms with Crippen LogP contribution in [0.1, 0.15) is 54.4 Å². The first-order chi connectivity index (χ1) is 16.7. The van der Waals surface area contributed by atoms with Gasteiger partial charge in [0.2, 0.25) is 10.0 Å². The van der Waals surface area contributed by atoms with Gasteiger partial charge in [-0.3, -0.25) is 4.57 Å². The Morgan fingerprint density at radius 3 is 2.69 bits per heavy atom. The second-order valence-electron chi connectivity index (χ2n) is 8.06. The van der Waals surface area contributed by atoms with Crippen molar-refractivity contribution in [3.05, 3.63) is 53.2 Å². The van der Waals surface area contributed by atoms with Gasteiger partial charge in [0.05, 0.1) is 12.6 Å². The number of ether oxygens (including phenoxy) is 2. The van der Waals surface area contributed by atoms with Crippen molar-refractivity contribution in [1.29, 1.82) is 0 Å². The molecule has 0 radical (unpaired) electrons. The Bertz CT molecular complexity index is 1480. The lowest BCUT2D eigenvalue weighted by Crippen LogP contribution is -2.29. The molecule has 11 nitrogen and oxygen atoms in total. The Balaban J connectivity index is 1.58. The number of aromatic amines is 2. The predicted octanol–water partition coefficient (Wildman–Crippen LogP) is 3.73. The summed E-state index contributed by atoms with van der Waals surface area (Å²) >= 11 is 0. The van der Waals surface area contributed by atoms with E-state index in [1.54, 1.807) is 32.3 Å². The van der Waals surface area contributed by atoms with Gasteiger partial charge in [0.15, 0.2) is 5.82 Å². The third kappa shape index (κ3) is 4.66. The van der Waals surface area contributed by atoms with E-state index in [2.05, 4.69) is 24.9 Å². The molecule has 186 valence electrons. The minimum absolute atomic E-state index is 0.00527. The average molecular weight is 501 g/mol. The van der Waals surface area contributed by atoms with Crippen LogP contribution in [0.4, 0.5) is 0 Å². The van der Waals surface area contributed by atoms with Crippen molar-refractivity contribution in [2.45, 2.75) is 52.1 Å². The quantitative estimate of drug-likeness (QED) is 0.297. The van der Waals surface area contributed by atoms with Gasteiger partial charge in [0.25, 0.3) is 0 Å². The Morgan fingerprint density at radius 1 is 1.20 bits per heavy atom. The molecule has 0 spiro atoms. The van der Waals surface area contributed by atoms with E-state index in [0.717, 1.165) is 10.9 Å². The molecule has 35 heavy (non-hydrogen) atoms. The number of nitrogens with zero attached hydrogens (tertiary/aromatic N) is 3. The molecule has 12 heteroatoms. The number of esters is 1. The average Bonchev–Trinajstić information content (AvgIpc) is 3.50. The summed E-state index contributed by atoms with van der Waals surface area (Å²) in [4.78, 5) is 18.2. The fourth-order valence-electron chi connectivity index (χ4n) is 4.08. The van der Waals surface area contributed by atoms with Crippen molar-refractivity contribution in [3.8, 4) is 11.8 Å². The maximum Gasteiger partial charge on any atom is 0.355 e. The van der Waals surface area contributed by atoms with Crippen molar-refractivity contribution in [3.63, 3.8) is 0 Å². The third-order valence-electron chi connectivity index (χ3n) is 5.63. The summed E-state index contributed by atoms with van der Waals surface area (Å²) in [5.74, 6) is 0.364. The number of rotatable bonds is 9. The van der Waals surface area contributed by atoms with Crippen LogP contribution in [0.2, 0.25) is 0 Å². The molecule has 4 aromatic rings. The first-order valence-corrected chi connectivity index (χ1v) is 12.7. The number of nitrogens with one attached hydrogen (secondary N) is 3. The summed E-state index contributed by atoms with van der Waals surface area (Å²) in [6.07, 6.45) is 1.85. The molecular weight excluding hydrogens is 472 g/mol. The van der Waals surface area contributed by atoms with E-state index >= 15 is 0 Å². The van der Waals surface area contributed by atoms with E-state index in [1.807, 2.05) is 37.4 Å². The third-order valence-corrected chi connectivity index (χ3v) is 7.45. The minimum Gasteiger partial charge on any atom is -0.461 e. The standard InChI is InChI=1S/C23H28N6O5S/c1-6-29-21(26-27-23(29)34-17-9-8-16-10-11-24-18(16)12-17)15(5)28-35(31,32)20-13(3)19(25-14(20)4)22(30)33-7-2/h8-12,15,24-25,28H,6-7H2,1-5H3/t15-/m1/s1. The highest BCUT2D eigenvalue weighted by molar-refractivity contribution is 7.89. The monoisotopic (exact) mass is 500 g/mol. The normalized spacial score (nSPS) is 12.7. The molecule has 0 aliphatic carbocycles. The van der Waals surface area contributed by atoms with Gasteiger partial charge in [0.1, 0.15) is 16.3 Å². The highest BCUT2D eigenvalue weighted by atomic mass is 32.2. The topological polar surface area (TPSA) is 144 Å². The number of aromatic nitrogens is 5. The smallest absolute Gasteiger partial charge is 0.355 e. The molecule has 0 bridgehead atoms. The van der Waals surface area contributed by atoms with Crippen LogP contribution in [0.5, 0.6) is 11.8 Å². The predicted molar refractivity (Wildman–Crippen MR) is 129 cm³/mol. The Hall–Kier alpha value is -3.64. The second kappa shape index (κ2) is 9.55. The zero-order chi connectivity index (χ0) is 25.3. The molecule has 3 heterocycles. The summed E-state index contributed by atoms with van der Waals surface area (Å²) in [5.41, 5.74) is 1.67. The summed E-state index contributed by atoms with van der Waals surface area (Å²) in [6, 6.07) is 7.10. The van der Waals surface area contributed by atoms with Gasteiger partial charge in [-0.05, 0) is 58.2 Å². The zero-order valence-electron chi connectivity index (χ0n) is 20.2.